The Morgan fingerprint density at radius 3 is 3.00 bits per heavy atom. The van der Waals surface area contributed by atoms with E-state index in [1.54, 1.807) is 16.9 Å². The molecule has 1 aliphatic carbocycles. The van der Waals surface area contributed by atoms with Crippen LogP contribution in [-0.4, -0.2) is 39.3 Å². The first kappa shape index (κ1) is 15.5. The van der Waals surface area contributed by atoms with Gasteiger partial charge in [-0.3, -0.25) is 4.79 Å². The van der Waals surface area contributed by atoms with Crippen LogP contribution in [0.1, 0.15) is 22.5 Å². The van der Waals surface area contributed by atoms with Gasteiger partial charge in [0.1, 0.15) is 5.69 Å². The van der Waals surface area contributed by atoms with Gasteiger partial charge < -0.3 is 10.1 Å². The minimum atomic E-state index is -0.121. The van der Waals surface area contributed by atoms with Crippen LogP contribution in [0.4, 0.5) is 0 Å². The summed E-state index contributed by atoms with van der Waals surface area (Å²) in [5, 5.41) is 7.47. The predicted molar refractivity (Wildman–Crippen MR) is 95.7 cm³/mol. The quantitative estimate of drug-likeness (QED) is 0.784. The number of imidazole rings is 1. The molecule has 0 bridgehead atoms. The van der Waals surface area contributed by atoms with Gasteiger partial charge in [0, 0.05) is 30.7 Å². The SMILES string of the molecule is O=C(N[C@@H]1[C@@H](Cc2ccccc2)[C@H]2OCC[C@@H]12)c1cnc2cccnn12. The molecule has 1 saturated carbocycles. The normalized spacial score (nSPS) is 27.1. The lowest BCUT2D eigenvalue weighted by Crippen LogP contribution is -2.62. The number of hydrogen-bond donors (Lipinski definition) is 1. The highest BCUT2D eigenvalue weighted by Crippen LogP contribution is 2.45. The van der Waals surface area contributed by atoms with Gasteiger partial charge in [-0.1, -0.05) is 30.3 Å². The van der Waals surface area contributed by atoms with Crippen LogP contribution in [-0.2, 0) is 11.2 Å². The van der Waals surface area contributed by atoms with Gasteiger partial charge in [0.15, 0.2) is 5.65 Å². The Balaban J connectivity index is 1.37. The molecule has 5 rings (SSSR count). The number of nitrogens with zero attached hydrogens (tertiary/aromatic N) is 3. The molecule has 2 aliphatic rings. The second-order valence-electron chi connectivity index (χ2n) is 7.08. The number of nitrogens with one attached hydrogen (secondary N) is 1. The van der Waals surface area contributed by atoms with Gasteiger partial charge in [0.05, 0.1) is 12.3 Å². The van der Waals surface area contributed by atoms with Crippen LogP contribution >= 0.6 is 0 Å². The van der Waals surface area contributed by atoms with Gasteiger partial charge in [-0.2, -0.15) is 5.10 Å². The average molecular weight is 348 g/mol. The lowest BCUT2D eigenvalue weighted by Gasteiger charge is -2.48. The molecule has 3 heterocycles. The van der Waals surface area contributed by atoms with Crippen LogP contribution in [0.25, 0.3) is 5.65 Å². The molecular formula is C20H20N4O2. The molecule has 2 aromatic heterocycles. The third kappa shape index (κ3) is 2.49. The van der Waals surface area contributed by atoms with Crippen LogP contribution in [0, 0.1) is 11.8 Å². The molecule has 6 nitrogen and oxygen atoms in total. The van der Waals surface area contributed by atoms with Crippen molar-refractivity contribution in [1.29, 1.82) is 0 Å². The average Bonchev–Trinajstić information content (AvgIpc) is 3.30. The summed E-state index contributed by atoms with van der Waals surface area (Å²) >= 11 is 0. The van der Waals surface area contributed by atoms with Crippen LogP contribution < -0.4 is 5.32 Å². The van der Waals surface area contributed by atoms with Crippen molar-refractivity contribution < 1.29 is 9.53 Å². The van der Waals surface area contributed by atoms with Gasteiger partial charge in [-0.15, -0.1) is 0 Å². The zero-order valence-corrected chi connectivity index (χ0v) is 14.3. The molecule has 3 aromatic rings. The molecule has 132 valence electrons. The zero-order valence-electron chi connectivity index (χ0n) is 14.3. The first-order chi connectivity index (χ1) is 12.8. The van der Waals surface area contributed by atoms with Crippen molar-refractivity contribution in [1.82, 2.24) is 19.9 Å². The molecule has 1 N–H and O–H groups in total. The van der Waals surface area contributed by atoms with E-state index in [1.807, 2.05) is 18.2 Å². The molecule has 4 atom stereocenters. The maximum absolute atomic E-state index is 12.9. The second kappa shape index (κ2) is 6.21. The first-order valence-corrected chi connectivity index (χ1v) is 9.06. The molecule has 1 aliphatic heterocycles. The predicted octanol–water partition coefficient (Wildman–Crippen LogP) is 2.11. The Hall–Kier alpha value is -2.73. The van der Waals surface area contributed by atoms with E-state index >= 15 is 0 Å². The van der Waals surface area contributed by atoms with Crippen LogP contribution in [0.3, 0.4) is 0 Å². The lowest BCUT2D eigenvalue weighted by atomic mass is 9.64. The van der Waals surface area contributed by atoms with Gasteiger partial charge in [0.2, 0.25) is 0 Å². The number of rotatable bonds is 4. The number of hydrogen-bond acceptors (Lipinski definition) is 4. The minimum absolute atomic E-state index is 0.121. The topological polar surface area (TPSA) is 68.5 Å². The number of ether oxygens (including phenoxy) is 1. The number of amides is 1. The molecule has 1 saturated heterocycles. The van der Waals surface area contributed by atoms with Gasteiger partial charge in [-0.25, -0.2) is 9.50 Å². The van der Waals surface area contributed by atoms with Crippen LogP contribution in [0.15, 0.2) is 54.9 Å². The smallest absolute Gasteiger partial charge is 0.271 e. The summed E-state index contributed by atoms with van der Waals surface area (Å²) < 4.78 is 7.51. The fourth-order valence-corrected chi connectivity index (χ4v) is 4.38. The van der Waals surface area contributed by atoms with Crippen molar-refractivity contribution in [3.05, 3.63) is 66.1 Å². The summed E-state index contributed by atoms with van der Waals surface area (Å²) in [5.74, 6) is 0.588. The molecule has 0 unspecified atom stereocenters. The van der Waals surface area contributed by atoms with E-state index in [9.17, 15) is 4.79 Å². The molecule has 2 fully saturated rings. The summed E-state index contributed by atoms with van der Waals surface area (Å²) in [6.45, 7) is 0.782. The van der Waals surface area contributed by atoms with Gasteiger partial charge >= 0.3 is 0 Å². The van der Waals surface area contributed by atoms with E-state index in [0.717, 1.165) is 19.4 Å². The molecule has 26 heavy (non-hydrogen) atoms. The molecule has 6 heteroatoms. The second-order valence-corrected chi connectivity index (χ2v) is 7.08. The minimum Gasteiger partial charge on any atom is -0.377 e. The molecule has 0 spiro atoms. The number of fused-ring (bicyclic) bond motifs is 2. The third-order valence-corrected chi connectivity index (χ3v) is 5.65. The highest BCUT2D eigenvalue weighted by molar-refractivity contribution is 5.93. The summed E-state index contributed by atoms with van der Waals surface area (Å²) in [6.07, 6.45) is 5.42. The number of aromatic nitrogens is 3. The highest BCUT2D eigenvalue weighted by atomic mass is 16.5. The van der Waals surface area contributed by atoms with Gasteiger partial charge in [-0.05, 0) is 30.5 Å². The maximum Gasteiger partial charge on any atom is 0.271 e. The van der Waals surface area contributed by atoms with Crippen molar-refractivity contribution in [2.45, 2.75) is 25.0 Å². The summed E-state index contributed by atoms with van der Waals surface area (Å²) in [5.41, 5.74) is 2.43. The number of carbonyl (C=O) groups is 1. The molecule has 0 radical (unpaired) electrons. The van der Waals surface area contributed by atoms with Crippen molar-refractivity contribution in [2.75, 3.05) is 6.61 Å². The summed E-state index contributed by atoms with van der Waals surface area (Å²) in [4.78, 5) is 17.1. The first-order valence-electron chi connectivity index (χ1n) is 9.06. The Morgan fingerprint density at radius 2 is 2.12 bits per heavy atom. The summed E-state index contributed by atoms with van der Waals surface area (Å²) in [7, 11) is 0. The molecule has 1 aromatic carbocycles. The summed E-state index contributed by atoms with van der Waals surface area (Å²) in [6, 6.07) is 14.2. The lowest BCUT2D eigenvalue weighted by molar-refractivity contribution is -0.0528. The fraction of sp³-hybridized carbons (Fsp3) is 0.350. The van der Waals surface area contributed by atoms with E-state index in [0.29, 0.717) is 23.2 Å². The van der Waals surface area contributed by atoms with Crippen molar-refractivity contribution in [3.63, 3.8) is 0 Å². The van der Waals surface area contributed by atoms with Crippen molar-refractivity contribution in [3.8, 4) is 0 Å². The van der Waals surface area contributed by atoms with Crippen LogP contribution in [0.2, 0.25) is 0 Å². The van der Waals surface area contributed by atoms with Crippen molar-refractivity contribution >= 4 is 11.6 Å². The van der Waals surface area contributed by atoms with E-state index in [4.69, 9.17) is 4.74 Å². The monoisotopic (exact) mass is 348 g/mol. The zero-order chi connectivity index (χ0) is 17.5. The number of benzene rings is 1. The Morgan fingerprint density at radius 1 is 1.23 bits per heavy atom. The van der Waals surface area contributed by atoms with Gasteiger partial charge in [0.25, 0.3) is 5.91 Å². The van der Waals surface area contributed by atoms with E-state index in [2.05, 4.69) is 39.7 Å². The number of carbonyl (C=O) groups excluding carboxylic acids is 1. The van der Waals surface area contributed by atoms with Crippen LogP contribution in [0.5, 0.6) is 0 Å². The Kier molecular flexibility index (Phi) is 3.71. The Labute approximate surface area is 151 Å². The van der Waals surface area contributed by atoms with E-state index in [1.165, 1.54) is 5.56 Å². The standard InChI is InChI=1S/C20H20N4O2/c25-20(16-12-21-17-7-4-9-22-24(16)17)23-18-14-8-10-26-19(14)15(18)11-13-5-2-1-3-6-13/h1-7,9,12,14-15,18-19H,8,10-11H2,(H,23,25)/t14-,15+,18-,19-/m0/s1. The highest BCUT2D eigenvalue weighted by Gasteiger charge is 2.54. The van der Waals surface area contributed by atoms with E-state index < -0.39 is 0 Å². The largest absolute Gasteiger partial charge is 0.377 e. The Bertz CT molecular complexity index is 939. The maximum atomic E-state index is 12.9. The molecule has 1 amide bonds. The molecular weight excluding hydrogens is 328 g/mol. The van der Waals surface area contributed by atoms with Crippen molar-refractivity contribution in [2.24, 2.45) is 11.8 Å². The fourth-order valence-electron chi connectivity index (χ4n) is 4.38. The third-order valence-electron chi connectivity index (χ3n) is 5.65. The van der Waals surface area contributed by atoms with E-state index in [-0.39, 0.29) is 18.1 Å².